The summed E-state index contributed by atoms with van der Waals surface area (Å²) in [7, 11) is 0. The first-order valence-corrected chi connectivity index (χ1v) is 8.96. The highest BCUT2D eigenvalue weighted by Gasteiger charge is 2.34. The predicted octanol–water partition coefficient (Wildman–Crippen LogP) is 4.03. The molecule has 0 amide bonds. The van der Waals surface area contributed by atoms with Crippen LogP contribution in [0.4, 0.5) is 0 Å². The number of aryl methyl sites for hydroxylation is 1. The van der Waals surface area contributed by atoms with E-state index in [2.05, 4.69) is 27.3 Å². The van der Waals surface area contributed by atoms with E-state index >= 15 is 0 Å². The highest BCUT2D eigenvalue weighted by molar-refractivity contribution is 9.11. The van der Waals surface area contributed by atoms with Crippen LogP contribution in [-0.4, -0.2) is 18.3 Å². The SMILES string of the molecule is OCC1(CNC2CCCc3sc(Br)cc32)CCCC1. The molecule has 1 saturated carbocycles. The summed E-state index contributed by atoms with van der Waals surface area (Å²) in [4.78, 5) is 1.54. The van der Waals surface area contributed by atoms with Gasteiger partial charge in [-0.05, 0) is 59.7 Å². The number of nitrogens with one attached hydrogen (secondary N) is 1. The Morgan fingerprint density at radius 1 is 1.37 bits per heavy atom. The molecular weight excluding hydrogens is 322 g/mol. The van der Waals surface area contributed by atoms with Crippen molar-refractivity contribution in [3.8, 4) is 0 Å². The minimum atomic E-state index is 0.158. The van der Waals surface area contributed by atoms with Crippen molar-refractivity contribution in [2.45, 2.75) is 51.0 Å². The number of aliphatic hydroxyl groups is 1. The molecular formula is C15H22BrNOS. The van der Waals surface area contributed by atoms with Crippen molar-refractivity contribution in [1.82, 2.24) is 5.32 Å². The topological polar surface area (TPSA) is 32.3 Å². The fraction of sp³-hybridized carbons (Fsp3) is 0.733. The molecule has 2 aliphatic rings. The third-order valence-corrected chi connectivity index (χ3v) is 6.52. The van der Waals surface area contributed by atoms with Gasteiger partial charge in [0.2, 0.25) is 0 Å². The Bertz CT molecular complexity index is 439. The fourth-order valence-corrected chi connectivity index (χ4v) is 5.41. The molecule has 1 aromatic heterocycles. The maximum atomic E-state index is 9.70. The average Bonchev–Trinajstić information content (AvgIpc) is 3.02. The van der Waals surface area contributed by atoms with E-state index in [0.29, 0.717) is 12.6 Å². The molecule has 2 aliphatic carbocycles. The molecule has 0 aromatic carbocycles. The lowest BCUT2D eigenvalue weighted by Gasteiger charge is -2.31. The van der Waals surface area contributed by atoms with Gasteiger partial charge in [-0.2, -0.15) is 0 Å². The molecule has 0 radical (unpaired) electrons. The summed E-state index contributed by atoms with van der Waals surface area (Å²) in [6.45, 7) is 1.31. The first-order valence-electron chi connectivity index (χ1n) is 7.35. The number of fused-ring (bicyclic) bond motifs is 1. The van der Waals surface area contributed by atoms with Gasteiger partial charge in [-0.25, -0.2) is 0 Å². The van der Waals surface area contributed by atoms with Gasteiger partial charge in [-0.3, -0.25) is 0 Å². The van der Waals surface area contributed by atoms with Gasteiger partial charge < -0.3 is 10.4 Å². The van der Waals surface area contributed by atoms with Crippen LogP contribution in [0.3, 0.4) is 0 Å². The number of thiophene rings is 1. The van der Waals surface area contributed by atoms with Crippen LogP contribution in [0.15, 0.2) is 9.85 Å². The summed E-state index contributed by atoms with van der Waals surface area (Å²) in [5.74, 6) is 0. The van der Waals surface area contributed by atoms with Crippen molar-refractivity contribution in [2.24, 2.45) is 5.41 Å². The first kappa shape index (κ1) is 14.1. The van der Waals surface area contributed by atoms with Gasteiger partial charge in [-0.1, -0.05) is 12.8 Å². The Labute approximate surface area is 127 Å². The summed E-state index contributed by atoms with van der Waals surface area (Å²) in [6.07, 6.45) is 8.67. The average molecular weight is 344 g/mol. The molecule has 0 aliphatic heterocycles. The number of rotatable bonds is 4. The van der Waals surface area contributed by atoms with Crippen molar-refractivity contribution in [2.75, 3.05) is 13.2 Å². The summed E-state index contributed by atoms with van der Waals surface area (Å²) in [5.41, 5.74) is 1.65. The molecule has 19 heavy (non-hydrogen) atoms. The van der Waals surface area contributed by atoms with Crippen LogP contribution < -0.4 is 5.32 Å². The zero-order valence-corrected chi connectivity index (χ0v) is 13.7. The smallest absolute Gasteiger partial charge is 0.0704 e. The summed E-state index contributed by atoms with van der Waals surface area (Å²) in [6, 6.07) is 2.78. The van der Waals surface area contributed by atoms with Crippen LogP contribution in [0, 0.1) is 5.41 Å². The monoisotopic (exact) mass is 343 g/mol. The molecule has 0 bridgehead atoms. The van der Waals surface area contributed by atoms with E-state index in [0.717, 1.165) is 6.54 Å². The largest absolute Gasteiger partial charge is 0.396 e. The standard InChI is InChI=1S/C15H22BrNOS/c16-14-8-11-12(4-3-5-13(11)19-14)17-9-15(10-18)6-1-2-7-15/h8,12,17-18H,1-7,9-10H2. The Kier molecular flexibility index (Phi) is 4.32. The maximum Gasteiger partial charge on any atom is 0.0704 e. The van der Waals surface area contributed by atoms with Crippen molar-refractivity contribution >= 4 is 27.3 Å². The molecule has 106 valence electrons. The Balaban J connectivity index is 1.67. The van der Waals surface area contributed by atoms with E-state index < -0.39 is 0 Å². The van der Waals surface area contributed by atoms with Gasteiger partial charge in [0, 0.05) is 29.5 Å². The van der Waals surface area contributed by atoms with Gasteiger partial charge in [0.05, 0.1) is 3.79 Å². The molecule has 0 spiro atoms. The molecule has 1 unspecified atom stereocenters. The molecule has 2 nitrogen and oxygen atoms in total. The molecule has 1 fully saturated rings. The van der Waals surface area contributed by atoms with Gasteiger partial charge in [0.15, 0.2) is 0 Å². The van der Waals surface area contributed by atoms with Gasteiger partial charge >= 0.3 is 0 Å². The van der Waals surface area contributed by atoms with Crippen LogP contribution in [-0.2, 0) is 6.42 Å². The van der Waals surface area contributed by atoms with E-state index in [1.54, 1.807) is 4.88 Å². The van der Waals surface area contributed by atoms with Crippen LogP contribution in [0.2, 0.25) is 0 Å². The lowest BCUT2D eigenvalue weighted by atomic mass is 9.86. The highest BCUT2D eigenvalue weighted by Crippen LogP contribution is 2.40. The zero-order valence-electron chi connectivity index (χ0n) is 11.3. The van der Waals surface area contributed by atoms with E-state index in [4.69, 9.17) is 0 Å². The fourth-order valence-electron chi connectivity index (χ4n) is 3.59. The van der Waals surface area contributed by atoms with Gasteiger partial charge in [0.25, 0.3) is 0 Å². The Hall–Kier alpha value is 0.100. The summed E-state index contributed by atoms with van der Waals surface area (Å²) >= 11 is 5.50. The molecule has 1 heterocycles. The lowest BCUT2D eigenvalue weighted by molar-refractivity contribution is 0.123. The number of halogens is 1. The minimum Gasteiger partial charge on any atom is -0.396 e. The van der Waals surface area contributed by atoms with Gasteiger partial charge in [-0.15, -0.1) is 11.3 Å². The van der Waals surface area contributed by atoms with Crippen molar-refractivity contribution in [3.05, 3.63) is 20.3 Å². The highest BCUT2D eigenvalue weighted by atomic mass is 79.9. The van der Waals surface area contributed by atoms with E-state index in [1.165, 1.54) is 54.3 Å². The molecule has 0 saturated heterocycles. The first-order chi connectivity index (χ1) is 9.22. The predicted molar refractivity (Wildman–Crippen MR) is 83.7 cm³/mol. The molecule has 3 rings (SSSR count). The minimum absolute atomic E-state index is 0.158. The van der Waals surface area contributed by atoms with Crippen LogP contribution >= 0.6 is 27.3 Å². The summed E-state index contributed by atoms with van der Waals surface area (Å²) in [5, 5.41) is 13.5. The summed E-state index contributed by atoms with van der Waals surface area (Å²) < 4.78 is 1.25. The zero-order chi connectivity index (χ0) is 13.3. The number of hydrogen-bond acceptors (Lipinski definition) is 3. The second kappa shape index (κ2) is 5.84. The lowest BCUT2D eigenvalue weighted by Crippen LogP contribution is -2.37. The van der Waals surface area contributed by atoms with Crippen LogP contribution in [0.5, 0.6) is 0 Å². The van der Waals surface area contributed by atoms with Crippen molar-refractivity contribution in [1.29, 1.82) is 0 Å². The van der Waals surface area contributed by atoms with Crippen LogP contribution in [0.25, 0.3) is 0 Å². The number of aliphatic hydroxyl groups excluding tert-OH is 1. The second-order valence-electron chi connectivity index (χ2n) is 6.12. The van der Waals surface area contributed by atoms with E-state index in [-0.39, 0.29) is 5.41 Å². The normalized spacial score (nSPS) is 25.5. The molecule has 1 aromatic rings. The Morgan fingerprint density at radius 3 is 2.89 bits per heavy atom. The van der Waals surface area contributed by atoms with Crippen molar-refractivity contribution in [3.63, 3.8) is 0 Å². The number of hydrogen-bond donors (Lipinski definition) is 2. The van der Waals surface area contributed by atoms with E-state index in [9.17, 15) is 5.11 Å². The second-order valence-corrected chi connectivity index (χ2v) is 8.64. The third-order valence-electron chi connectivity index (χ3n) is 4.81. The van der Waals surface area contributed by atoms with Crippen LogP contribution in [0.1, 0.15) is 55.0 Å². The molecule has 2 N–H and O–H groups in total. The third kappa shape index (κ3) is 2.92. The van der Waals surface area contributed by atoms with Gasteiger partial charge in [0.1, 0.15) is 0 Å². The van der Waals surface area contributed by atoms with Crippen molar-refractivity contribution < 1.29 is 5.11 Å². The molecule has 4 heteroatoms. The quantitative estimate of drug-likeness (QED) is 0.864. The van der Waals surface area contributed by atoms with E-state index in [1.807, 2.05) is 11.3 Å². The Morgan fingerprint density at radius 2 is 2.16 bits per heavy atom. The molecule has 1 atom stereocenters. The maximum absolute atomic E-state index is 9.70.